The van der Waals surface area contributed by atoms with Gasteiger partial charge >= 0.3 is 0 Å². The Morgan fingerprint density at radius 2 is 1.95 bits per heavy atom. The summed E-state index contributed by atoms with van der Waals surface area (Å²) in [6, 6.07) is 8.55. The normalized spacial score (nSPS) is 18.4. The first-order valence-corrected chi connectivity index (χ1v) is 13.7. The van der Waals surface area contributed by atoms with Gasteiger partial charge in [0.15, 0.2) is 0 Å². The Bertz CT molecular complexity index is 1270. The minimum Gasteiger partial charge on any atom is -0.491 e. The van der Waals surface area contributed by atoms with E-state index in [1.165, 1.54) is 31.2 Å². The van der Waals surface area contributed by atoms with Crippen LogP contribution >= 0.6 is 0 Å². The predicted molar refractivity (Wildman–Crippen MR) is 137 cm³/mol. The van der Waals surface area contributed by atoms with E-state index in [1.54, 1.807) is 0 Å². The van der Waals surface area contributed by atoms with Crippen LogP contribution in [0, 0.1) is 23.0 Å². The van der Waals surface area contributed by atoms with E-state index in [4.69, 9.17) is 9.47 Å². The lowest BCUT2D eigenvalue weighted by molar-refractivity contribution is -0.148. The molecule has 2 N–H and O–H groups in total. The number of ether oxygens (including phenoxy) is 2. The van der Waals surface area contributed by atoms with Crippen LogP contribution < -0.4 is 14.8 Å². The highest BCUT2D eigenvalue weighted by atomic mass is 32.2. The molecule has 12 heteroatoms. The molecule has 1 aliphatic rings. The maximum absolute atomic E-state index is 15.3. The van der Waals surface area contributed by atoms with Gasteiger partial charge in [-0.05, 0) is 89.6 Å². The molecule has 1 fully saturated rings. The zero-order valence-corrected chi connectivity index (χ0v) is 22.4. The van der Waals surface area contributed by atoms with Gasteiger partial charge in [0.1, 0.15) is 35.7 Å². The summed E-state index contributed by atoms with van der Waals surface area (Å²) in [4.78, 5) is 14.0. The number of amides is 1. The van der Waals surface area contributed by atoms with Gasteiger partial charge in [-0.1, -0.05) is 0 Å². The third-order valence-electron chi connectivity index (χ3n) is 6.21. The van der Waals surface area contributed by atoms with Crippen molar-refractivity contribution in [1.82, 2.24) is 9.62 Å². The highest BCUT2D eigenvalue weighted by molar-refractivity contribution is 7.90. The molecule has 0 bridgehead atoms. The zero-order chi connectivity index (χ0) is 27.9. The minimum atomic E-state index is -4.48. The fourth-order valence-corrected chi connectivity index (χ4v) is 5.03. The zero-order valence-electron chi connectivity index (χ0n) is 21.6. The van der Waals surface area contributed by atoms with Crippen LogP contribution in [0.5, 0.6) is 5.75 Å². The summed E-state index contributed by atoms with van der Waals surface area (Å²) in [6.07, 6.45) is 2.32. The lowest BCUT2D eigenvalue weighted by atomic mass is 9.95. The maximum Gasteiger partial charge on any atom is 0.265 e. The van der Waals surface area contributed by atoms with Crippen molar-refractivity contribution < 1.29 is 31.5 Å². The van der Waals surface area contributed by atoms with Crippen LogP contribution in [0.3, 0.4) is 0 Å². The molecule has 9 nitrogen and oxygen atoms in total. The Hall–Kier alpha value is -3.27. The summed E-state index contributed by atoms with van der Waals surface area (Å²) in [7, 11) is -0.745. The first kappa shape index (κ1) is 29.3. The Morgan fingerprint density at radius 1 is 1.24 bits per heavy atom. The van der Waals surface area contributed by atoms with Crippen molar-refractivity contribution >= 4 is 21.6 Å². The highest BCUT2D eigenvalue weighted by Gasteiger charge is 2.38. The summed E-state index contributed by atoms with van der Waals surface area (Å²) in [5.74, 6) is -1.82. The van der Waals surface area contributed by atoms with Crippen LogP contribution in [0.25, 0.3) is 0 Å². The van der Waals surface area contributed by atoms with Crippen LogP contribution in [-0.4, -0.2) is 64.7 Å². The summed E-state index contributed by atoms with van der Waals surface area (Å²) in [5.41, 5.74) is -1.76. The Balaban J connectivity index is 1.81. The van der Waals surface area contributed by atoms with Gasteiger partial charge in [-0.15, -0.1) is 0 Å². The average Bonchev–Trinajstić information content (AvgIpc) is 2.87. The van der Waals surface area contributed by atoms with E-state index in [9.17, 15) is 22.9 Å². The van der Waals surface area contributed by atoms with Gasteiger partial charge < -0.3 is 19.7 Å². The predicted octanol–water partition coefficient (Wildman–Crippen LogP) is 3.41. The maximum atomic E-state index is 15.3. The molecule has 0 radical (unpaired) electrons. The number of hydrogen-bond acceptors (Lipinski definition) is 8. The molecule has 38 heavy (non-hydrogen) atoms. The molecule has 0 aliphatic carbocycles. The molecule has 0 unspecified atom stereocenters. The largest absolute Gasteiger partial charge is 0.491 e. The van der Waals surface area contributed by atoms with Gasteiger partial charge in [-0.25, -0.2) is 21.9 Å². The van der Waals surface area contributed by atoms with Crippen LogP contribution in [0.15, 0.2) is 41.3 Å². The van der Waals surface area contributed by atoms with Gasteiger partial charge in [0.25, 0.3) is 15.9 Å². The number of nitrogens with zero attached hydrogens (tertiary/aromatic N) is 2. The molecule has 0 spiro atoms. The lowest BCUT2D eigenvalue weighted by Gasteiger charge is -2.32. The van der Waals surface area contributed by atoms with Crippen LogP contribution in [0.4, 0.5) is 14.5 Å². The second-order valence-corrected chi connectivity index (χ2v) is 11.3. The molecule has 1 heterocycles. The third kappa shape index (κ3) is 7.63. The second-order valence-electron chi connectivity index (χ2n) is 9.61. The SMILES string of the molecule is CN(C)CC[C@H](COc1ccc(F)cc1)Nc1c(F)cc(S(=O)(=O)NC(=O)[C@@]2(C)CCCCO2)cc1C#N. The molecule has 1 amide bonds. The van der Waals surface area contributed by atoms with Crippen LogP contribution in [0.1, 0.15) is 38.2 Å². The summed E-state index contributed by atoms with van der Waals surface area (Å²) in [5, 5.41) is 12.6. The highest BCUT2D eigenvalue weighted by Crippen LogP contribution is 2.28. The number of anilines is 1. The van der Waals surface area contributed by atoms with Crippen LogP contribution in [-0.2, 0) is 19.6 Å². The van der Waals surface area contributed by atoms with Gasteiger partial charge in [0, 0.05) is 6.61 Å². The molecule has 2 aromatic carbocycles. The monoisotopic (exact) mass is 550 g/mol. The Labute approximate surface area is 221 Å². The molecule has 1 saturated heterocycles. The smallest absolute Gasteiger partial charge is 0.265 e. The molecular weight excluding hydrogens is 518 g/mol. The Kier molecular flexibility index (Phi) is 9.65. The number of sulfonamides is 1. The van der Waals surface area contributed by atoms with Crippen molar-refractivity contribution in [2.75, 3.05) is 39.2 Å². The van der Waals surface area contributed by atoms with E-state index in [2.05, 4.69) is 5.32 Å². The van der Waals surface area contributed by atoms with Crippen molar-refractivity contribution in [1.29, 1.82) is 5.26 Å². The summed E-state index contributed by atoms with van der Waals surface area (Å²) >= 11 is 0. The molecule has 206 valence electrons. The average molecular weight is 551 g/mol. The molecule has 3 rings (SSSR count). The van der Waals surface area contributed by atoms with Crippen LogP contribution in [0.2, 0.25) is 0 Å². The van der Waals surface area contributed by atoms with E-state index >= 15 is 4.39 Å². The van der Waals surface area contributed by atoms with Gasteiger partial charge in [-0.2, -0.15) is 5.26 Å². The topological polar surface area (TPSA) is 121 Å². The number of rotatable bonds is 11. The summed E-state index contributed by atoms with van der Waals surface area (Å²) in [6.45, 7) is 2.51. The fourth-order valence-electron chi connectivity index (χ4n) is 3.92. The number of carbonyl (C=O) groups is 1. The van der Waals surface area contributed by atoms with E-state index in [1.807, 2.05) is 29.8 Å². The molecule has 2 aromatic rings. The molecule has 0 aromatic heterocycles. The number of nitriles is 1. The first-order valence-electron chi connectivity index (χ1n) is 12.2. The standard InChI is InChI=1S/C26H32F2N4O5S/c1-26(11-4-5-13-37-26)25(33)31-38(34,35)22-14-18(16-29)24(23(28)15-22)30-20(10-12-32(2)3)17-36-21-8-6-19(27)7-9-21/h6-9,14-15,20,30H,4-5,10-13,17H2,1-3H3,(H,31,33)/t20-,26-/m1/s1. The van der Waals surface area contributed by atoms with E-state index in [-0.39, 0.29) is 17.9 Å². The minimum absolute atomic E-state index is 0.0679. The van der Waals surface area contributed by atoms with Gasteiger partial charge in [-0.3, -0.25) is 4.79 Å². The van der Waals surface area contributed by atoms with Crippen molar-refractivity contribution in [2.45, 2.75) is 49.1 Å². The Morgan fingerprint density at radius 3 is 2.55 bits per heavy atom. The number of benzene rings is 2. The number of hydrogen-bond donors (Lipinski definition) is 2. The molecule has 1 aliphatic heterocycles. The summed E-state index contributed by atoms with van der Waals surface area (Å²) < 4.78 is 67.4. The molecule has 0 saturated carbocycles. The van der Waals surface area contributed by atoms with E-state index < -0.39 is 44.1 Å². The number of carbonyl (C=O) groups excluding carboxylic acids is 1. The quantitative estimate of drug-likeness (QED) is 0.437. The lowest BCUT2D eigenvalue weighted by Crippen LogP contribution is -2.50. The first-order chi connectivity index (χ1) is 17.9. The van der Waals surface area contributed by atoms with Gasteiger partial charge in [0.05, 0.1) is 22.2 Å². The molecule has 2 atom stereocenters. The van der Waals surface area contributed by atoms with Crippen molar-refractivity contribution in [3.63, 3.8) is 0 Å². The van der Waals surface area contributed by atoms with Crippen molar-refractivity contribution in [2.24, 2.45) is 0 Å². The van der Waals surface area contributed by atoms with E-state index in [0.29, 0.717) is 38.2 Å². The van der Waals surface area contributed by atoms with Crippen molar-refractivity contribution in [3.8, 4) is 11.8 Å². The van der Waals surface area contributed by atoms with Crippen molar-refractivity contribution in [3.05, 3.63) is 53.6 Å². The van der Waals surface area contributed by atoms with Gasteiger partial charge in [0.2, 0.25) is 0 Å². The second kappa shape index (κ2) is 12.5. The van der Waals surface area contributed by atoms with E-state index in [0.717, 1.165) is 18.6 Å². The number of halogens is 2. The third-order valence-corrected chi connectivity index (χ3v) is 7.52. The molecular formula is C26H32F2N4O5S. The number of nitrogens with one attached hydrogen (secondary N) is 2. The fraction of sp³-hybridized carbons (Fsp3) is 0.462.